The molecule has 0 spiro atoms. The number of sulfonamides is 1. The van der Waals surface area contributed by atoms with Crippen LogP contribution in [0.25, 0.3) is 0 Å². The van der Waals surface area contributed by atoms with Gasteiger partial charge in [0, 0.05) is 11.3 Å². The second-order valence-electron chi connectivity index (χ2n) is 6.37. The van der Waals surface area contributed by atoms with E-state index in [1.807, 2.05) is 0 Å². The van der Waals surface area contributed by atoms with Gasteiger partial charge < -0.3 is 10.1 Å². The van der Waals surface area contributed by atoms with E-state index in [0.29, 0.717) is 11.6 Å². The van der Waals surface area contributed by atoms with Crippen molar-refractivity contribution in [1.29, 1.82) is 0 Å². The predicted octanol–water partition coefficient (Wildman–Crippen LogP) is 4.77. The van der Waals surface area contributed by atoms with E-state index in [2.05, 4.69) is 10.0 Å². The zero-order valence-electron chi connectivity index (χ0n) is 16.1. The molecule has 3 aromatic carbocycles. The Bertz CT molecular complexity index is 1200. The fourth-order valence-electron chi connectivity index (χ4n) is 2.71. The molecule has 0 saturated carbocycles. The van der Waals surface area contributed by atoms with E-state index in [9.17, 15) is 26.4 Å². The van der Waals surface area contributed by atoms with Crippen molar-refractivity contribution in [2.45, 2.75) is 11.1 Å². The normalized spacial score (nSPS) is 11.6. The average molecular weight is 450 g/mol. The summed E-state index contributed by atoms with van der Waals surface area (Å²) in [5.74, 6) is -0.276. The number of carbonyl (C=O) groups excluding carboxylic acids is 1. The van der Waals surface area contributed by atoms with Crippen molar-refractivity contribution in [3.8, 4) is 5.75 Å². The van der Waals surface area contributed by atoms with Gasteiger partial charge in [-0.05, 0) is 48.5 Å². The van der Waals surface area contributed by atoms with Crippen LogP contribution in [0.15, 0.2) is 77.7 Å². The number of carbonyl (C=O) groups is 1. The van der Waals surface area contributed by atoms with Gasteiger partial charge in [-0.3, -0.25) is 9.52 Å². The van der Waals surface area contributed by atoms with Crippen LogP contribution in [0.1, 0.15) is 15.9 Å². The van der Waals surface area contributed by atoms with E-state index in [1.165, 1.54) is 25.3 Å². The first-order chi connectivity index (χ1) is 14.6. The molecule has 0 aromatic heterocycles. The SMILES string of the molecule is COc1ccc(S(=O)(=O)Nc2cccc(C(F)(F)F)c2)cc1NC(=O)c1ccccc1. The highest BCUT2D eigenvalue weighted by atomic mass is 32.2. The molecule has 0 bridgehead atoms. The van der Waals surface area contributed by atoms with Gasteiger partial charge in [-0.15, -0.1) is 0 Å². The lowest BCUT2D eigenvalue weighted by molar-refractivity contribution is -0.137. The first-order valence-electron chi connectivity index (χ1n) is 8.85. The van der Waals surface area contributed by atoms with Crippen LogP contribution in [0.3, 0.4) is 0 Å². The quantitative estimate of drug-likeness (QED) is 0.567. The van der Waals surface area contributed by atoms with Crippen LogP contribution < -0.4 is 14.8 Å². The van der Waals surface area contributed by atoms with E-state index >= 15 is 0 Å². The maximum atomic E-state index is 12.9. The van der Waals surface area contributed by atoms with Crippen molar-refractivity contribution in [3.05, 3.63) is 83.9 Å². The number of nitrogens with one attached hydrogen (secondary N) is 2. The molecule has 0 heterocycles. The van der Waals surface area contributed by atoms with Gasteiger partial charge in [0.1, 0.15) is 5.75 Å². The fraction of sp³-hybridized carbons (Fsp3) is 0.0952. The summed E-state index contributed by atoms with van der Waals surface area (Å²) in [5, 5.41) is 2.58. The molecule has 0 unspecified atom stereocenters. The summed E-state index contributed by atoms with van der Waals surface area (Å²) in [6.07, 6.45) is -4.61. The molecule has 6 nitrogen and oxygen atoms in total. The van der Waals surface area contributed by atoms with Gasteiger partial charge >= 0.3 is 6.18 Å². The molecular weight excluding hydrogens is 433 g/mol. The number of benzene rings is 3. The molecule has 31 heavy (non-hydrogen) atoms. The standard InChI is InChI=1S/C21H17F3N2O4S/c1-30-19-11-10-17(13-18(19)25-20(27)14-6-3-2-4-7-14)31(28,29)26-16-9-5-8-15(12-16)21(22,23)24/h2-13,26H,1H3,(H,25,27). The number of amides is 1. The summed E-state index contributed by atoms with van der Waals surface area (Å²) >= 11 is 0. The monoisotopic (exact) mass is 450 g/mol. The largest absolute Gasteiger partial charge is 0.495 e. The summed E-state index contributed by atoms with van der Waals surface area (Å²) in [6, 6.07) is 15.8. The Kier molecular flexibility index (Phi) is 6.21. The number of hydrogen-bond donors (Lipinski definition) is 2. The molecule has 0 saturated heterocycles. The van der Waals surface area contributed by atoms with Gasteiger partial charge in [0.05, 0.1) is 23.3 Å². The zero-order chi connectivity index (χ0) is 22.6. The van der Waals surface area contributed by atoms with Gasteiger partial charge in [-0.1, -0.05) is 24.3 Å². The van der Waals surface area contributed by atoms with Crippen LogP contribution in [0.2, 0.25) is 0 Å². The first kappa shape index (κ1) is 22.2. The average Bonchev–Trinajstić information content (AvgIpc) is 2.73. The molecule has 10 heteroatoms. The minimum absolute atomic E-state index is 0.0864. The molecule has 0 aliphatic rings. The molecule has 0 fully saturated rings. The third-order valence-electron chi connectivity index (χ3n) is 4.21. The minimum Gasteiger partial charge on any atom is -0.495 e. The van der Waals surface area contributed by atoms with E-state index in [1.54, 1.807) is 30.3 Å². The van der Waals surface area contributed by atoms with Crippen molar-refractivity contribution in [3.63, 3.8) is 0 Å². The number of rotatable bonds is 6. The van der Waals surface area contributed by atoms with Gasteiger partial charge in [-0.25, -0.2) is 8.42 Å². The summed E-state index contributed by atoms with van der Waals surface area (Å²) in [7, 11) is -2.90. The van der Waals surface area contributed by atoms with E-state index < -0.39 is 27.7 Å². The van der Waals surface area contributed by atoms with Gasteiger partial charge in [0.15, 0.2) is 0 Å². The van der Waals surface area contributed by atoms with Gasteiger partial charge in [0.2, 0.25) is 0 Å². The van der Waals surface area contributed by atoms with Crippen LogP contribution in [0.5, 0.6) is 5.75 Å². The third-order valence-corrected chi connectivity index (χ3v) is 5.59. The first-order valence-corrected chi connectivity index (χ1v) is 10.3. The number of alkyl halides is 3. The van der Waals surface area contributed by atoms with Gasteiger partial charge in [-0.2, -0.15) is 13.2 Å². The molecule has 0 aliphatic carbocycles. The van der Waals surface area contributed by atoms with E-state index in [4.69, 9.17) is 4.74 Å². The number of hydrogen-bond acceptors (Lipinski definition) is 4. The molecule has 0 radical (unpaired) electrons. The van der Waals surface area contributed by atoms with Crippen molar-refractivity contribution in [2.24, 2.45) is 0 Å². The fourth-order valence-corrected chi connectivity index (χ4v) is 3.78. The molecule has 1 amide bonds. The molecular formula is C21H17F3N2O4S. The summed E-state index contributed by atoms with van der Waals surface area (Å²) in [6.45, 7) is 0. The van der Waals surface area contributed by atoms with Crippen LogP contribution in [-0.4, -0.2) is 21.4 Å². The maximum Gasteiger partial charge on any atom is 0.416 e. The van der Waals surface area contributed by atoms with Crippen LogP contribution in [0, 0.1) is 0 Å². The summed E-state index contributed by atoms with van der Waals surface area (Å²) in [4.78, 5) is 12.2. The Morgan fingerprint density at radius 1 is 0.935 bits per heavy atom. The van der Waals surface area contributed by atoms with Crippen molar-refractivity contribution in [1.82, 2.24) is 0 Å². The smallest absolute Gasteiger partial charge is 0.416 e. The number of ether oxygens (including phenoxy) is 1. The topological polar surface area (TPSA) is 84.5 Å². The zero-order valence-corrected chi connectivity index (χ0v) is 16.9. The van der Waals surface area contributed by atoms with Crippen LogP contribution in [-0.2, 0) is 16.2 Å². The highest BCUT2D eigenvalue weighted by Gasteiger charge is 2.30. The van der Waals surface area contributed by atoms with E-state index in [-0.39, 0.29) is 22.0 Å². The summed E-state index contributed by atoms with van der Waals surface area (Å²) in [5.41, 5.74) is -0.804. The molecule has 2 N–H and O–H groups in total. The molecule has 0 aliphatic heterocycles. The Hall–Kier alpha value is -3.53. The third kappa shape index (κ3) is 5.34. The Balaban J connectivity index is 1.90. The highest BCUT2D eigenvalue weighted by Crippen LogP contribution is 2.32. The second kappa shape index (κ2) is 8.68. The highest BCUT2D eigenvalue weighted by molar-refractivity contribution is 7.92. The van der Waals surface area contributed by atoms with Crippen molar-refractivity contribution in [2.75, 3.05) is 17.1 Å². The Morgan fingerprint density at radius 3 is 2.29 bits per heavy atom. The number of halogens is 3. The lowest BCUT2D eigenvalue weighted by Gasteiger charge is -2.14. The van der Waals surface area contributed by atoms with Gasteiger partial charge in [0.25, 0.3) is 15.9 Å². The lowest BCUT2D eigenvalue weighted by atomic mass is 10.2. The van der Waals surface area contributed by atoms with E-state index in [0.717, 1.165) is 18.2 Å². The molecule has 3 aromatic rings. The van der Waals surface area contributed by atoms with Crippen molar-refractivity contribution < 1.29 is 31.1 Å². The number of methoxy groups -OCH3 is 1. The maximum absolute atomic E-state index is 12.9. The summed E-state index contributed by atoms with van der Waals surface area (Å²) < 4.78 is 71.4. The molecule has 162 valence electrons. The van der Waals surface area contributed by atoms with Crippen LogP contribution >= 0.6 is 0 Å². The Labute approximate surface area is 176 Å². The molecule has 3 rings (SSSR count). The molecule has 0 atom stereocenters. The predicted molar refractivity (Wildman–Crippen MR) is 110 cm³/mol. The Morgan fingerprint density at radius 2 is 1.65 bits per heavy atom. The number of anilines is 2. The minimum atomic E-state index is -4.61. The second-order valence-corrected chi connectivity index (χ2v) is 8.05. The van der Waals surface area contributed by atoms with Crippen LogP contribution in [0.4, 0.5) is 24.5 Å². The lowest BCUT2D eigenvalue weighted by Crippen LogP contribution is -2.16. The van der Waals surface area contributed by atoms with Crippen molar-refractivity contribution >= 4 is 27.3 Å².